The van der Waals surface area contributed by atoms with Gasteiger partial charge in [0.15, 0.2) is 0 Å². The van der Waals surface area contributed by atoms with Crippen LogP contribution < -0.4 is 0 Å². The van der Waals surface area contributed by atoms with Crippen molar-refractivity contribution in [3.8, 4) is 33.4 Å². The highest BCUT2D eigenvalue weighted by Crippen LogP contribution is 2.56. The molecule has 0 nitrogen and oxygen atoms in total. The van der Waals surface area contributed by atoms with Crippen LogP contribution in [0.15, 0.2) is 158 Å². The Balaban J connectivity index is 1.34. The van der Waals surface area contributed by atoms with Crippen LogP contribution in [0.25, 0.3) is 87.2 Å². The maximum Gasteiger partial charge on any atom is 0.0171 e. The Kier molecular flexibility index (Phi) is 5.44. The molecule has 0 aliphatic heterocycles. The molecule has 1 aliphatic carbocycles. The molecule has 10 rings (SSSR count). The van der Waals surface area contributed by atoms with Crippen molar-refractivity contribution in [2.45, 2.75) is 19.3 Å². The zero-order valence-electron chi connectivity index (χ0n) is 26.5. The smallest absolute Gasteiger partial charge is 0.0171 e. The summed E-state index contributed by atoms with van der Waals surface area (Å²) in [4.78, 5) is 0. The number of rotatable bonds is 2. The number of hydrogen-bond acceptors (Lipinski definition) is 0. The minimum atomic E-state index is -0.169. The molecule has 0 N–H and O–H groups in total. The highest BCUT2D eigenvalue weighted by atomic mass is 14.4. The molecule has 9 aromatic carbocycles. The van der Waals surface area contributed by atoms with Crippen LogP contribution in [0.5, 0.6) is 0 Å². The Morgan fingerprint density at radius 3 is 1.43 bits per heavy atom. The summed E-state index contributed by atoms with van der Waals surface area (Å²) in [5, 5.41) is 13.0. The molecule has 0 atom stereocenters. The van der Waals surface area contributed by atoms with E-state index in [1.807, 2.05) is 0 Å². The first-order valence-corrected chi connectivity index (χ1v) is 16.6. The van der Waals surface area contributed by atoms with Crippen molar-refractivity contribution in [1.29, 1.82) is 0 Å². The van der Waals surface area contributed by atoms with Gasteiger partial charge >= 0.3 is 0 Å². The molecule has 220 valence electrons. The van der Waals surface area contributed by atoms with Crippen molar-refractivity contribution in [2.24, 2.45) is 0 Å². The molecule has 0 fully saturated rings. The third-order valence-corrected chi connectivity index (χ3v) is 10.8. The van der Waals surface area contributed by atoms with E-state index in [2.05, 4.69) is 172 Å². The van der Waals surface area contributed by atoms with Crippen LogP contribution in [0.2, 0.25) is 0 Å². The molecule has 0 amide bonds. The average Bonchev–Trinajstić information content (AvgIpc) is 3.37. The highest BCUT2D eigenvalue weighted by molar-refractivity contribution is 6.26. The summed E-state index contributed by atoms with van der Waals surface area (Å²) in [7, 11) is 0. The van der Waals surface area contributed by atoms with Crippen LogP contribution in [-0.2, 0) is 5.41 Å². The normalized spacial score (nSPS) is 13.5. The van der Waals surface area contributed by atoms with Crippen LogP contribution in [0.3, 0.4) is 0 Å². The summed E-state index contributed by atoms with van der Waals surface area (Å²) < 4.78 is 0. The Labute approximate surface area is 274 Å². The monoisotopic (exact) mass is 596 g/mol. The first kappa shape index (κ1) is 26.5. The molecule has 0 spiro atoms. The summed E-state index contributed by atoms with van der Waals surface area (Å²) >= 11 is 0. The maximum atomic E-state index is 2.42. The van der Waals surface area contributed by atoms with E-state index in [0.717, 1.165) is 0 Å². The van der Waals surface area contributed by atoms with Crippen molar-refractivity contribution in [2.75, 3.05) is 0 Å². The molecule has 0 radical (unpaired) electrons. The van der Waals surface area contributed by atoms with Gasteiger partial charge in [0.1, 0.15) is 0 Å². The predicted octanol–water partition coefficient (Wildman–Crippen LogP) is 13.1. The van der Waals surface area contributed by atoms with Gasteiger partial charge in [0, 0.05) is 5.41 Å². The second-order valence-electron chi connectivity index (χ2n) is 13.6. The summed E-state index contributed by atoms with van der Waals surface area (Å²) in [5.74, 6) is 0. The summed E-state index contributed by atoms with van der Waals surface area (Å²) in [6.45, 7) is 4.85. The van der Waals surface area contributed by atoms with Gasteiger partial charge in [0.2, 0.25) is 0 Å². The summed E-state index contributed by atoms with van der Waals surface area (Å²) in [6.07, 6.45) is 0. The fourth-order valence-corrected chi connectivity index (χ4v) is 8.92. The molecular weight excluding hydrogens is 565 g/mol. The van der Waals surface area contributed by atoms with E-state index < -0.39 is 0 Å². The molecule has 0 saturated carbocycles. The molecule has 0 bridgehead atoms. The Bertz CT molecular complexity index is 2700. The van der Waals surface area contributed by atoms with Crippen molar-refractivity contribution in [3.63, 3.8) is 0 Å². The molecule has 0 heterocycles. The predicted molar refractivity (Wildman–Crippen MR) is 202 cm³/mol. The van der Waals surface area contributed by atoms with E-state index in [1.54, 1.807) is 0 Å². The lowest BCUT2D eigenvalue weighted by Gasteiger charge is -2.27. The van der Waals surface area contributed by atoms with Crippen LogP contribution in [0.4, 0.5) is 0 Å². The molecular formula is C47H32. The second kappa shape index (κ2) is 9.64. The van der Waals surface area contributed by atoms with Gasteiger partial charge < -0.3 is 0 Å². The minimum absolute atomic E-state index is 0.169. The van der Waals surface area contributed by atoms with Crippen molar-refractivity contribution >= 4 is 53.9 Å². The van der Waals surface area contributed by atoms with Crippen LogP contribution >= 0.6 is 0 Å². The van der Waals surface area contributed by atoms with Crippen molar-refractivity contribution in [1.82, 2.24) is 0 Å². The quantitative estimate of drug-likeness (QED) is 0.138. The maximum absolute atomic E-state index is 2.42. The largest absolute Gasteiger partial charge is 0.0616 e. The Hall–Kier alpha value is -5.72. The summed E-state index contributed by atoms with van der Waals surface area (Å²) in [6, 6.07) is 58.8. The van der Waals surface area contributed by atoms with Crippen molar-refractivity contribution < 1.29 is 0 Å². The lowest BCUT2D eigenvalue weighted by Crippen LogP contribution is -2.17. The zero-order valence-corrected chi connectivity index (χ0v) is 26.5. The molecule has 9 aromatic rings. The highest BCUT2D eigenvalue weighted by Gasteiger charge is 2.39. The second-order valence-corrected chi connectivity index (χ2v) is 13.6. The fraction of sp³-hybridized carbons (Fsp3) is 0.0638. The topological polar surface area (TPSA) is 0 Å². The van der Waals surface area contributed by atoms with Gasteiger partial charge in [-0.1, -0.05) is 166 Å². The molecule has 0 saturated heterocycles. The SMILES string of the molecule is CC1(C)c2c(cccc2-c2c3ccccc3c(-c3cc4ccccc4c4ccccc34)c3ccccc23)-c2ccc3ccccc3c21. The average molecular weight is 597 g/mol. The lowest BCUT2D eigenvalue weighted by molar-refractivity contribution is 0.668. The number of benzene rings is 9. The molecule has 1 aliphatic rings. The van der Waals surface area contributed by atoms with Gasteiger partial charge in [-0.05, 0) is 104 Å². The molecule has 47 heavy (non-hydrogen) atoms. The van der Waals surface area contributed by atoms with Crippen LogP contribution in [-0.4, -0.2) is 0 Å². The first-order valence-electron chi connectivity index (χ1n) is 16.6. The van der Waals surface area contributed by atoms with Crippen LogP contribution in [0.1, 0.15) is 25.0 Å². The van der Waals surface area contributed by atoms with Gasteiger partial charge in [-0.15, -0.1) is 0 Å². The van der Waals surface area contributed by atoms with Crippen molar-refractivity contribution in [3.05, 3.63) is 169 Å². The van der Waals surface area contributed by atoms with E-state index in [9.17, 15) is 0 Å². The van der Waals surface area contributed by atoms with Gasteiger partial charge in [-0.3, -0.25) is 0 Å². The van der Waals surface area contributed by atoms with Gasteiger partial charge in [-0.25, -0.2) is 0 Å². The zero-order chi connectivity index (χ0) is 31.3. The van der Waals surface area contributed by atoms with E-state index >= 15 is 0 Å². The van der Waals surface area contributed by atoms with E-state index in [-0.39, 0.29) is 5.41 Å². The van der Waals surface area contributed by atoms with Gasteiger partial charge in [0.25, 0.3) is 0 Å². The Morgan fingerprint density at radius 2 is 0.766 bits per heavy atom. The molecule has 0 heteroatoms. The first-order chi connectivity index (χ1) is 23.1. The molecule has 0 unspecified atom stereocenters. The third-order valence-electron chi connectivity index (χ3n) is 10.8. The number of hydrogen-bond donors (Lipinski definition) is 0. The third kappa shape index (κ3) is 3.59. The van der Waals surface area contributed by atoms with Gasteiger partial charge in [-0.2, -0.15) is 0 Å². The number of fused-ring (bicyclic) bond motifs is 10. The van der Waals surface area contributed by atoms with E-state index in [4.69, 9.17) is 0 Å². The fourth-order valence-electron chi connectivity index (χ4n) is 8.92. The molecule has 0 aromatic heterocycles. The summed E-state index contributed by atoms with van der Waals surface area (Å²) in [5.41, 5.74) is 10.7. The Morgan fingerprint density at radius 1 is 0.298 bits per heavy atom. The lowest BCUT2D eigenvalue weighted by atomic mass is 9.75. The standard InChI is InChI=1S/C47H32/c1-47(2)45-32-17-6-3-14-29(32)26-27-40(45)39-24-13-25-41(46(39)47)43-35-20-9-11-22-37(35)44(38-23-12-10-21-36(38)43)42-28-30-15-4-5-16-31(30)33-18-7-8-19-34(33)42/h3-28H,1-2H3. The van der Waals surface area contributed by atoms with E-state index in [1.165, 1.54) is 98.4 Å². The van der Waals surface area contributed by atoms with Crippen LogP contribution in [0, 0.1) is 0 Å². The van der Waals surface area contributed by atoms with Gasteiger partial charge in [0.05, 0.1) is 0 Å². The minimum Gasteiger partial charge on any atom is -0.0616 e. The van der Waals surface area contributed by atoms with E-state index in [0.29, 0.717) is 0 Å².